The molecule has 1 rings (SSSR count). The predicted molar refractivity (Wildman–Crippen MR) is 230 cm³/mol. The maximum atomic E-state index is 12.8. The molecular weight excluding hydrogens is 763 g/mol. The van der Waals surface area contributed by atoms with E-state index >= 15 is 0 Å². The molecule has 0 aromatic rings. The van der Waals surface area contributed by atoms with Gasteiger partial charge < -0.3 is 39.9 Å². The summed E-state index contributed by atoms with van der Waals surface area (Å²) in [6.45, 7) is 3.69. The summed E-state index contributed by atoms with van der Waals surface area (Å²) < 4.78 is 33.9. The van der Waals surface area contributed by atoms with Gasteiger partial charge in [0.05, 0.1) is 12.9 Å². The van der Waals surface area contributed by atoms with Crippen molar-refractivity contribution >= 4 is 13.8 Å². The first-order valence-corrected chi connectivity index (χ1v) is 24.4. The molecule has 0 aromatic carbocycles. The molecule has 12 nitrogen and oxygen atoms in total. The minimum absolute atomic E-state index is 0.155. The molecule has 58 heavy (non-hydrogen) atoms. The van der Waals surface area contributed by atoms with Gasteiger partial charge in [-0.15, -0.1) is 0 Å². The first kappa shape index (κ1) is 54.4. The Bertz CT molecular complexity index is 1100. The Balaban J connectivity index is 2.44. The molecule has 6 unspecified atom stereocenters. The fourth-order valence-corrected chi connectivity index (χ4v) is 7.85. The Kier molecular flexibility index (Phi) is 33.9. The molecule has 340 valence electrons. The largest absolute Gasteiger partial charge is 0.498 e. The van der Waals surface area contributed by atoms with Gasteiger partial charge in [0.1, 0.15) is 43.2 Å². The Labute approximate surface area is 351 Å². The third-order valence-corrected chi connectivity index (χ3v) is 11.6. The van der Waals surface area contributed by atoms with Crippen molar-refractivity contribution in [1.82, 2.24) is 0 Å². The van der Waals surface area contributed by atoms with Crippen LogP contribution in [0.4, 0.5) is 0 Å². The topological polar surface area (TPSA) is 192 Å². The van der Waals surface area contributed by atoms with Gasteiger partial charge in [-0.3, -0.25) is 13.8 Å². The van der Waals surface area contributed by atoms with Crippen molar-refractivity contribution in [3.63, 3.8) is 0 Å². The van der Waals surface area contributed by atoms with E-state index in [0.717, 1.165) is 64.2 Å². The van der Waals surface area contributed by atoms with Crippen molar-refractivity contribution in [2.24, 2.45) is 0 Å². The molecule has 1 saturated carbocycles. The van der Waals surface area contributed by atoms with Crippen LogP contribution in [0, 0.1) is 0 Å². The summed E-state index contributed by atoms with van der Waals surface area (Å²) in [5, 5.41) is 50.1. The van der Waals surface area contributed by atoms with Crippen molar-refractivity contribution in [3.8, 4) is 0 Å². The van der Waals surface area contributed by atoms with E-state index in [1.807, 2.05) is 6.08 Å². The van der Waals surface area contributed by atoms with Gasteiger partial charge in [0.25, 0.3) is 0 Å². The summed E-state index contributed by atoms with van der Waals surface area (Å²) in [5.41, 5.74) is 0. The number of aliphatic hydroxyl groups is 5. The molecule has 0 spiro atoms. The van der Waals surface area contributed by atoms with Gasteiger partial charge in [0.2, 0.25) is 0 Å². The summed E-state index contributed by atoms with van der Waals surface area (Å²) >= 11 is 0. The number of phosphoric acid groups is 1. The van der Waals surface area contributed by atoms with E-state index in [1.54, 1.807) is 0 Å². The van der Waals surface area contributed by atoms with Gasteiger partial charge in [0.15, 0.2) is 6.10 Å². The number of rotatable bonds is 38. The maximum Gasteiger partial charge on any atom is 0.472 e. The SMILES string of the molecule is CCCCC/C=C\C/C=C\CCCCCCCC(=O)O[C@H](CO/C=C\CCCCCCCCCCCCCCCC)COP(=O)(O)OC1C(O)C(O)C(O)[C@@H](O)C1O. The van der Waals surface area contributed by atoms with Crippen LogP contribution in [0.25, 0.3) is 0 Å². The molecule has 6 N–H and O–H groups in total. The second-order valence-electron chi connectivity index (χ2n) is 16.0. The van der Waals surface area contributed by atoms with E-state index in [0.29, 0.717) is 6.42 Å². The van der Waals surface area contributed by atoms with Gasteiger partial charge >= 0.3 is 13.8 Å². The normalized spacial score (nSPS) is 22.9. The highest BCUT2D eigenvalue weighted by Gasteiger charge is 2.51. The van der Waals surface area contributed by atoms with E-state index in [1.165, 1.54) is 103 Å². The zero-order chi connectivity index (χ0) is 42.7. The summed E-state index contributed by atoms with van der Waals surface area (Å²) in [7, 11) is -5.03. The smallest absolute Gasteiger partial charge is 0.472 e. The molecule has 1 fully saturated rings. The fourth-order valence-electron chi connectivity index (χ4n) is 6.88. The molecular formula is C45H83O12P. The highest BCUT2D eigenvalue weighted by molar-refractivity contribution is 7.47. The molecule has 13 heteroatoms. The molecule has 1 aliphatic carbocycles. The molecule has 0 aromatic heterocycles. The highest BCUT2D eigenvalue weighted by atomic mass is 31.2. The molecule has 8 atom stereocenters. The minimum atomic E-state index is -5.03. The number of ether oxygens (including phenoxy) is 2. The van der Waals surface area contributed by atoms with Crippen LogP contribution < -0.4 is 0 Å². The number of aliphatic hydroxyl groups excluding tert-OH is 5. The Morgan fingerprint density at radius 1 is 0.552 bits per heavy atom. The summed E-state index contributed by atoms with van der Waals surface area (Å²) in [6, 6.07) is 0. The van der Waals surface area contributed by atoms with Gasteiger partial charge in [-0.25, -0.2) is 4.57 Å². The second-order valence-corrected chi connectivity index (χ2v) is 17.4. The highest BCUT2D eigenvalue weighted by Crippen LogP contribution is 2.47. The summed E-state index contributed by atoms with van der Waals surface area (Å²) in [4.78, 5) is 23.1. The van der Waals surface area contributed by atoms with Gasteiger partial charge in [-0.2, -0.15) is 0 Å². The van der Waals surface area contributed by atoms with Gasteiger partial charge in [0, 0.05) is 6.42 Å². The van der Waals surface area contributed by atoms with E-state index in [-0.39, 0.29) is 13.0 Å². The number of carbonyl (C=O) groups is 1. The van der Waals surface area contributed by atoms with E-state index in [2.05, 4.69) is 38.2 Å². The summed E-state index contributed by atoms with van der Waals surface area (Å²) in [5.74, 6) is -0.513. The van der Waals surface area contributed by atoms with Crippen LogP contribution in [0.2, 0.25) is 0 Å². The van der Waals surface area contributed by atoms with Gasteiger partial charge in [-0.1, -0.05) is 154 Å². The average molecular weight is 847 g/mol. The van der Waals surface area contributed by atoms with E-state index in [9.17, 15) is 39.8 Å². The fraction of sp³-hybridized carbons (Fsp3) is 0.844. The number of allylic oxidation sites excluding steroid dienone is 5. The molecule has 0 aliphatic heterocycles. The number of esters is 1. The Hall–Kier alpha value is -1.60. The third-order valence-electron chi connectivity index (χ3n) is 10.6. The lowest BCUT2D eigenvalue weighted by molar-refractivity contribution is -0.220. The molecule has 0 amide bonds. The van der Waals surface area contributed by atoms with Crippen LogP contribution in [-0.4, -0.2) is 92.3 Å². The average Bonchev–Trinajstić information content (AvgIpc) is 3.21. The summed E-state index contributed by atoms with van der Waals surface area (Å²) in [6.07, 6.45) is 30.1. The predicted octanol–water partition coefficient (Wildman–Crippen LogP) is 9.43. The van der Waals surface area contributed by atoms with E-state index < -0.39 is 63.1 Å². The number of carbonyl (C=O) groups excluding carboxylic acids is 1. The third kappa shape index (κ3) is 28.0. The zero-order valence-corrected chi connectivity index (χ0v) is 37.0. The van der Waals surface area contributed by atoms with Crippen LogP contribution >= 0.6 is 7.82 Å². The van der Waals surface area contributed by atoms with E-state index in [4.69, 9.17) is 18.5 Å². The molecule has 0 bridgehead atoms. The number of unbranched alkanes of at least 4 members (excludes halogenated alkanes) is 22. The van der Waals surface area contributed by atoms with Gasteiger partial charge in [-0.05, 0) is 57.4 Å². The Morgan fingerprint density at radius 3 is 1.48 bits per heavy atom. The Morgan fingerprint density at radius 2 is 0.966 bits per heavy atom. The van der Waals surface area contributed by atoms with Crippen molar-refractivity contribution < 1.29 is 58.3 Å². The van der Waals surface area contributed by atoms with Crippen molar-refractivity contribution in [3.05, 3.63) is 36.6 Å². The zero-order valence-electron chi connectivity index (χ0n) is 36.1. The monoisotopic (exact) mass is 847 g/mol. The van der Waals surface area contributed by atoms with Crippen LogP contribution in [0.15, 0.2) is 36.6 Å². The quantitative estimate of drug-likeness (QED) is 0.0114. The number of phosphoric ester groups is 1. The van der Waals surface area contributed by atoms with Crippen molar-refractivity contribution in [1.29, 1.82) is 0 Å². The molecule has 1 aliphatic rings. The molecule has 0 heterocycles. The minimum Gasteiger partial charge on any atom is -0.498 e. The lowest BCUT2D eigenvalue weighted by atomic mass is 9.85. The van der Waals surface area contributed by atoms with Crippen LogP contribution in [-0.2, 0) is 27.9 Å². The number of hydrogen-bond acceptors (Lipinski definition) is 11. The van der Waals surface area contributed by atoms with Crippen LogP contribution in [0.1, 0.15) is 187 Å². The lowest BCUT2D eigenvalue weighted by Crippen LogP contribution is -2.64. The molecule has 0 saturated heterocycles. The van der Waals surface area contributed by atoms with Crippen LogP contribution in [0.3, 0.4) is 0 Å². The molecule has 0 radical (unpaired) electrons. The first-order valence-electron chi connectivity index (χ1n) is 22.9. The maximum absolute atomic E-state index is 12.8. The second kappa shape index (κ2) is 36.1. The van der Waals surface area contributed by atoms with Crippen molar-refractivity contribution in [2.45, 2.75) is 230 Å². The lowest BCUT2D eigenvalue weighted by Gasteiger charge is -2.41. The first-order chi connectivity index (χ1) is 28.0. The van der Waals surface area contributed by atoms with Crippen LogP contribution in [0.5, 0.6) is 0 Å². The van der Waals surface area contributed by atoms with Crippen molar-refractivity contribution in [2.75, 3.05) is 13.2 Å². The standard InChI is InChI=1S/C45H83O12P/c1-3-5-7-9-11-13-15-17-19-21-23-25-27-29-31-33-35-54-36-38(37-55-58(52,53)57-45-43(50)41(48)40(47)42(49)44(45)51)56-39(46)34-32-30-28-26-24-22-20-18-16-14-12-10-8-6-4-2/h12,14,18,20,33,35,38,40-45,47-51H,3-11,13,15-17,19,21-32,34,36-37H2,1-2H3,(H,52,53)/b14-12-,20-18-,35-33-/t38-,40?,41-,42?,43?,44?,45?/m1/s1. The number of hydrogen-bond donors (Lipinski definition) is 6.